The van der Waals surface area contributed by atoms with Gasteiger partial charge in [0.05, 0.1) is 11.9 Å². The van der Waals surface area contributed by atoms with Crippen molar-refractivity contribution in [2.24, 2.45) is 0 Å². The Hall–Kier alpha value is -1.99. The van der Waals surface area contributed by atoms with Crippen LogP contribution in [0.4, 0.5) is 5.69 Å². The zero-order valence-electron chi connectivity index (χ0n) is 11.1. The highest BCUT2D eigenvalue weighted by Crippen LogP contribution is 2.34. The first-order chi connectivity index (χ1) is 10.2. The molecule has 0 saturated heterocycles. The monoisotopic (exact) mass is 316 g/mol. The molecule has 0 bridgehead atoms. The number of thiophene rings is 2. The van der Waals surface area contributed by atoms with Gasteiger partial charge in [0.25, 0.3) is 5.91 Å². The highest BCUT2D eigenvalue weighted by atomic mass is 32.1. The summed E-state index contributed by atoms with van der Waals surface area (Å²) in [5, 5.41) is 10.8. The molecular weight excluding hydrogens is 304 g/mol. The van der Waals surface area contributed by atoms with Gasteiger partial charge in [0.1, 0.15) is 9.71 Å². The molecule has 3 aromatic rings. The summed E-state index contributed by atoms with van der Waals surface area (Å²) in [5.74, 6) is -0.00708. The third-order valence-corrected chi connectivity index (χ3v) is 5.83. The van der Waals surface area contributed by atoms with Crippen LogP contribution in [0.15, 0.2) is 23.7 Å². The molecule has 0 radical (unpaired) electrons. The molecule has 4 heterocycles. The lowest BCUT2D eigenvalue weighted by Crippen LogP contribution is -2.35. The van der Waals surface area contributed by atoms with E-state index < -0.39 is 0 Å². The van der Waals surface area contributed by atoms with Crippen molar-refractivity contribution in [1.29, 1.82) is 0 Å². The molecule has 3 aromatic heterocycles. The predicted octanol–water partition coefficient (Wildman–Crippen LogP) is 2.53. The fourth-order valence-corrected chi connectivity index (χ4v) is 4.49. The van der Waals surface area contributed by atoms with Crippen molar-refractivity contribution in [3.05, 3.63) is 39.0 Å². The van der Waals surface area contributed by atoms with E-state index in [2.05, 4.69) is 21.6 Å². The van der Waals surface area contributed by atoms with Gasteiger partial charge in [-0.05, 0) is 29.5 Å². The molecule has 0 unspecified atom stereocenters. The van der Waals surface area contributed by atoms with Crippen LogP contribution in [-0.4, -0.2) is 27.5 Å². The second kappa shape index (κ2) is 4.78. The van der Waals surface area contributed by atoms with Crippen molar-refractivity contribution in [3.8, 4) is 0 Å². The standard InChI is InChI=1S/C14H12N4OS2/c15-11-9-1-4-16-17-13(9)21-12(11)14(19)18-5-2-10-8(7-18)3-6-20-10/h1,3-4,6H,2,5,7,15H2. The second-order valence-corrected chi connectivity index (χ2v) is 6.94. The summed E-state index contributed by atoms with van der Waals surface area (Å²) in [6.07, 6.45) is 2.52. The van der Waals surface area contributed by atoms with Crippen molar-refractivity contribution in [3.63, 3.8) is 0 Å². The van der Waals surface area contributed by atoms with Crippen molar-refractivity contribution in [2.45, 2.75) is 13.0 Å². The molecule has 0 atom stereocenters. The van der Waals surface area contributed by atoms with Crippen molar-refractivity contribution < 1.29 is 4.79 Å². The number of carbonyl (C=O) groups is 1. The minimum absolute atomic E-state index is 0.00708. The van der Waals surface area contributed by atoms with Gasteiger partial charge in [-0.2, -0.15) is 5.10 Å². The summed E-state index contributed by atoms with van der Waals surface area (Å²) in [4.78, 5) is 17.3. The van der Waals surface area contributed by atoms with E-state index in [1.165, 1.54) is 21.8 Å². The molecule has 1 aliphatic rings. The lowest BCUT2D eigenvalue weighted by Gasteiger charge is -2.26. The van der Waals surface area contributed by atoms with E-state index >= 15 is 0 Å². The van der Waals surface area contributed by atoms with Crippen LogP contribution in [0.5, 0.6) is 0 Å². The van der Waals surface area contributed by atoms with Gasteiger partial charge in [-0.3, -0.25) is 4.79 Å². The Labute approximate surface area is 129 Å². The Morgan fingerprint density at radius 1 is 1.38 bits per heavy atom. The SMILES string of the molecule is Nc1c(C(=O)N2CCc3sccc3C2)sc2nnccc12. The summed E-state index contributed by atoms with van der Waals surface area (Å²) in [6, 6.07) is 3.90. The number of aromatic nitrogens is 2. The number of amides is 1. The number of rotatable bonds is 1. The molecule has 2 N–H and O–H groups in total. The average Bonchev–Trinajstić information content (AvgIpc) is 3.11. The average molecular weight is 316 g/mol. The molecule has 0 aromatic carbocycles. The summed E-state index contributed by atoms with van der Waals surface area (Å²) in [6.45, 7) is 1.41. The molecule has 21 heavy (non-hydrogen) atoms. The minimum Gasteiger partial charge on any atom is -0.397 e. The summed E-state index contributed by atoms with van der Waals surface area (Å²) < 4.78 is 0. The highest BCUT2D eigenvalue weighted by molar-refractivity contribution is 7.21. The number of nitrogens with two attached hydrogens (primary N) is 1. The Bertz CT molecular complexity index is 838. The van der Waals surface area contributed by atoms with Crippen LogP contribution in [0.2, 0.25) is 0 Å². The quantitative estimate of drug-likeness (QED) is 0.749. The first kappa shape index (κ1) is 12.7. The van der Waals surface area contributed by atoms with Crippen molar-refractivity contribution in [2.75, 3.05) is 12.3 Å². The number of hydrogen-bond acceptors (Lipinski definition) is 6. The molecule has 5 nitrogen and oxygen atoms in total. The Morgan fingerprint density at radius 2 is 2.29 bits per heavy atom. The summed E-state index contributed by atoms with van der Waals surface area (Å²) >= 11 is 3.09. The number of nitrogen functional groups attached to an aromatic ring is 1. The number of anilines is 1. The molecule has 1 amide bonds. The van der Waals surface area contributed by atoms with E-state index in [1.54, 1.807) is 23.6 Å². The third-order valence-electron chi connectivity index (χ3n) is 3.71. The van der Waals surface area contributed by atoms with Gasteiger partial charge in [-0.1, -0.05) is 0 Å². The molecule has 0 spiro atoms. The number of hydrogen-bond donors (Lipinski definition) is 1. The van der Waals surface area contributed by atoms with Crippen molar-refractivity contribution >= 4 is 44.5 Å². The second-order valence-electron chi connectivity index (χ2n) is 4.94. The highest BCUT2D eigenvalue weighted by Gasteiger charge is 2.26. The van der Waals surface area contributed by atoms with Gasteiger partial charge in [0, 0.05) is 23.4 Å². The molecule has 7 heteroatoms. The number of fused-ring (bicyclic) bond motifs is 2. The van der Waals surface area contributed by atoms with E-state index in [0.29, 0.717) is 21.9 Å². The van der Waals surface area contributed by atoms with E-state index in [-0.39, 0.29) is 5.91 Å². The molecule has 106 valence electrons. The molecule has 4 rings (SSSR count). The van der Waals surface area contributed by atoms with Crippen LogP contribution < -0.4 is 5.73 Å². The largest absolute Gasteiger partial charge is 0.397 e. The zero-order valence-corrected chi connectivity index (χ0v) is 12.7. The Balaban J connectivity index is 1.69. The van der Waals surface area contributed by atoms with E-state index in [9.17, 15) is 4.79 Å². The smallest absolute Gasteiger partial charge is 0.266 e. The third kappa shape index (κ3) is 2.00. The van der Waals surface area contributed by atoms with E-state index in [0.717, 1.165) is 18.4 Å². The maximum Gasteiger partial charge on any atom is 0.266 e. The summed E-state index contributed by atoms with van der Waals surface area (Å²) in [7, 11) is 0. The maximum atomic E-state index is 12.7. The van der Waals surface area contributed by atoms with Crippen LogP contribution in [0, 0.1) is 0 Å². The lowest BCUT2D eigenvalue weighted by atomic mass is 10.1. The van der Waals surface area contributed by atoms with Crippen LogP contribution in [0.3, 0.4) is 0 Å². The van der Waals surface area contributed by atoms with Gasteiger partial charge in [0.15, 0.2) is 0 Å². The number of carbonyl (C=O) groups excluding carboxylic acids is 1. The van der Waals surface area contributed by atoms with Crippen molar-refractivity contribution in [1.82, 2.24) is 15.1 Å². The lowest BCUT2D eigenvalue weighted by molar-refractivity contribution is 0.0742. The molecular formula is C14H12N4OS2. The maximum absolute atomic E-state index is 12.7. The first-order valence-corrected chi connectivity index (χ1v) is 8.28. The van der Waals surface area contributed by atoms with Gasteiger partial charge >= 0.3 is 0 Å². The normalized spacial score (nSPS) is 14.4. The van der Waals surface area contributed by atoms with E-state index in [4.69, 9.17) is 5.73 Å². The first-order valence-electron chi connectivity index (χ1n) is 6.58. The van der Waals surface area contributed by atoms with Gasteiger partial charge in [0.2, 0.25) is 0 Å². The van der Waals surface area contributed by atoms with E-state index in [1.807, 2.05) is 4.90 Å². The Morgan fingerprint density at radius 3 is 3.14 bits per heavy atom. The van der Waals surface area contributed by atoms with Crippen LogP contribution in [0.1, 0.15) is 20.1 Å². The molecule has 1 aliphatic heterocycles. The molecule has 0 fully saturated rings. The fourth-order valence-electron chi connectivity index (χ4n) is 2.60. The van der Waals surface area contributed by atoms with Gasteiger partial charge in [-0.25, -0.2) is 0 Å². The van der Waals surface area contributed by atoms with Crippen LogP contribution in [-0.2, 0) is 13.0 Å². The number of nitrogens with zero attached hydrogens (tertiary/aromatic N) is 3. The van der Waals surface area contributed by atoms with Gasteiger partial charge < -0.3 is 10.6 Å². The zero-order chi connectivity index (χ0) is 14.4. The summed E-state index contributed by atoms with van der Waals surface area (Å²) in [5.41, 5.74) is 7.89. The van der Waals surface area contributed by atoms with Gasteiger partial charge in [-0.15, -0.1) is 27.8 Å². The van der Waals surface area contributed by atoms with Crippen LogP contribution in [0.25, 0.3) is 10.2 Å². The topological polar surface area (TPSA) is 72.1 Å². The predicted molar refractivity (Wildman–Crippen MR) is 84.6 cm³/mol. The van der Waals surface area contributed by atoms with Crippen LogP contribution >= 0.6 is 22.7 Å². The minimum atomic E-state index is -0.00708. The Kier molecular flexibility index (Phi) is 2.90. The fraction of sp³-hybridized carbons (Fsp3) is 0.214. The molecule has 0 saturated carbocycles. The molecule has 0 aliphatic carbocycles.